The van der Waals surface area contributed by atoms with Crippen molar-refractivity contribution < 1.29 is 5.11 Å². The van der Waals surface area contributed by atoms with Gasteiger partial charge >= 0.3 is 0 Å². The molecule has 27 heavy (non-hydrogen) atoms. The van der Waals surface area contributed by atoms with Crippen LogP contribution in [0.3, 0.4) is 0 Å². The first-order valence-electron chi connectivity index (χ1n) is 9.74. The molecule has 1 aliphatic heterocycles. The molecule has 0 unspecified atom stereocenters. The van der Waals surface area contributed by atoms with E-state index in [-0.39, 0.29) is 0 Å². The number of halogens is 1. The topological polar surface area (TPSA) is 41.3 Å². The fourth-order valence-corrected chi connectivity index (χ4v) is 4.14. The molecule has 0 radical (unpaired) electrons. The van der Waals surface area contributed by atoms with E-state index >= 15 is 0 Å². The van der Waals surface area contributed by atoms with Crippen molar-refractivity contribution in [2.75, 3.05) is 19.6 Å². The Morgan fingerprint density at radius 3 is 2.48 bits per heavy atom. The Kier molecular flexibility index (Phi) is 5.48. The number of fused-ring (bicyclic) bond motifs is 1. The highest BCUT2D eigenvalue weighted by atomic mass is 35.5. The van der Waals surface area contributed by atoms with E-state index in [2.05, 4.69) is 52.5 Å². The number of nitrogens with zero attached hydrogens (tertiary/aromatic N) is 3. The molecule has 2 heterocycles. The van der Waals surface area contributed by atoms with Crippen LogP contribution in [0.15, 0.2) is 54.9 Å². The average molecular weight is 384 g/mol. The predicted molar refractivity (Wildman–Crippen MR) is 110 cm³/mol. The van der Waals surface area contributed by atoms with Crippen molar-refractivity contribution in [2.45, 2.75) is 37.8 Å². The fourth-order valence-electron chi connectivity index (χ4n) is 3.98. The highest BCUT2D eigenvalue weighted by Gasteiger charge is 2.33. The highest BCUT2D eigenvalue weighted by Crippen LogP contribution is 2.34. The molecule has 0 saturated carbocycles. The number of likely N-dealkylation sites (tertiary alicyclic amines) is 1. The zero-order valence-electron chi connectivity index (χ0n) is 15.5. The van der Waals surface area contributed by atoms with Crippen LogP contribution in [0.2, 0.25) is 5.02 Å². The van der Waals surface area contributed by atoms with Gasteiger partial charge in [0.2, 0.25) is 0 Å². The largest absolute Gasteiger partial charge is 0.385 e. The molecule has 1 aromatic heterocycles. The lowest BCUT2D eigenvalue weighted by atomic mass is 9.83. The lowest BCUT2D eigenvalue weighted by Crippen LogP contribution is -2.42. The molecule has 1 saturated heterocycles. The van der Waals surface area contributed by atoms with E-state index in [1.165, 1.54) is 10.8 Å². The van der Waals surface area contributed by atoms with E-state index in [1.54, 1.807) is 6.20 Å². The third-order valence-electron chi connectivity index (χ3n) is 5.68. The molecule has 3 aromatic rings. The average Bonchev–Trinajstić information content (AvgIpc) is 3.11. The van der Waals surface area contributed by atoms with Gasteiger partial charge in [0.15, 0.2) is 0 Å². The molecule has 4 nitrogen and oxygen atoms in total. The van der Waals surface area contributed by atoms with Crippen molar-refractivity contribution in [1.29, 1.82) is 0 Å². The van der Waals surface area contributed by atoms with Crippen molar-refractivity contribution in [2.24, 2.45) is 0 Å². The van der Waals surface area contributed by atoms with Gasteiger partial charge in [-0.05, 0) is 54.6 Å². The molecule has 142 valence electrons. The molecule has 1 aliphatic rings. The van der Waals surface area contributed by atoms with Crippen LogP contribution >= 0.6 is 11.6 Å². The van der Waals surface area contributed by atoms with Crippen LogP contribution in [0.4, 0.5) is 0 Å². The van der Waals surface area contributed by atoms with E-state index in [4.69, 9.17) is 11.6 Å². The summed E-state index contributed by atoms with van der Waals surface area (Å²) < 4.78 is 1.90. The Bertz CT molecular complexity index is 899. The zero-order valence-corrected chi connectivity index (χ0v) is 16.3. The lowest BCUT2D eigenvalue weighted by molar-refractivity contribution is -0.0260. The quantitative estimate of drug-likeness (QED) is 0.639. The number of aromatic nitrogens is 2. The van der Waals surface area contributed by atoms with Crippen LogP contribution in [0, 0.1) is 0 Å². The van der Waals surface area contributed by atoms with Gasteiger partial charge in [-0.3, -0.25) is 4.68 Å². The van der Waals surface area contributed by atoms with Crippen LogP contribution in [0.25, 0.3) is 10.8 Å². The molecule has 0 atom stereocenters. The molecule has 4 rings (SSSR count). The molecule has 1 N–H and O–H groups in total. The van der Waals surface area contributed by atoms with E-state index < -0.39 is 5.60 Å². The number of rotatable bonds is 6. The van der Waals surface area contributed by atoms with Crippen molar-refractivity contribution in [3.05, 3.63) is 65.4 Å². The monoisotopic (exact) mass is 383 g/mol. The minimum Gasteiger partial charge on any atom is -0.385 e. The van der Waals surface area contributed by atoms with Gasteiger partial charge < -0.3 is 10.0 Å². The van der Waals surface area contributed by atoms with E-state index in [0.29, 0.717) is 5.02 Å². The van der Waals surface area contributed by atoms with Crippen LogP contribution < -0.4 is 0 Å². The van der Waals surface area contributed by atoms with Crippen molar-refractivity contribution >= 4 is 22.4 Å². The maximum atomic E-state index is 11.2. The van der Waals surface area contributed by atoms with Gasteiger partial charge in [-0.15, -0.1) is 0 Å². The van der Waals surface area contributed by atoms with Crippen LogP contribution in [-0.2, 0) is 12.1 Å². The summed E-state index contributed by atoms with van der Waals surface area (Å²) in [5.74, 6) is 0. The number of unbranched alkanes of at least 4 members (excludes halogenated alkanes) is 1. The Hall–Kier alpha value is -1.88. The maximum absolute atomic E-state index is 11.2. The number of hydrogen-bond acceptors (Lipinski definition) is 3. The molecule has 0 spiro atoms. The molecule has 2 aromatic carbocycles. The first-order valence-corrected chi connectivity index (χ1v) is 10.1. The number of aryl methyl sites for hydroxylation is 1. The minimum atomic E-state index is -0.702. The van der Waals surface area contributed by atoms with Gasteiger partial charge in [0, 0.05) is 25.8 Å². The summed E-state index contributed by atoms with van der Waals surface area (Å²) in [5.41, 5.74) is 0.350. The third-order valence-corrected chi connectivity index (χ3v) is 5.88. The van der Waals surface area contributed by atoms with Crippen molar-refractivity contribution in [3.8, 4) is 0 Å². The Labute approximate surface area is 165 Å². The summed E-state index contributed by atoms with van der Waals surface area (Å²) >= 11 is 5.89. The highest BCUT2D eigenvalue weighted by molar-refractivity contribution is 6.30. The summed E-state index contributed by atoms with van der Waals surface area (Å²) in [4.78, 5) is 2.46. The first-order chi connectivity index (χ1) is 13.1. The van der Waals surface area contributed by atoms with Crippen LogP contribution in [-0.4, -0.2) is 39.4 Å². The fraction of sp³-hybridized carbons (Fsp3) is 0.409. The van der Waals surface area contributed by atoms with E-state index in [1.807, 2.05) is 10.9 Å². The summed E-state index contributed by atoms with van der Waals surface area (Å²) in [6.45, 7) is 3.86. The number of hydrogen-bond donors (Lipinski definition) is 1. The lowest BCUT2D eigenvalue weighted by Gasteiger charge is -2.38. The number of piperidine rings is 1. The van der Waals surface area contributed by atoms with Gasteiger partial charge in [-0.1, -0.05) is 48.0 Å². The van der Waals surface area contributed by atoms with Gasteiger partial charge in [0.05, 0.1) is 16.8 Å². The first kappa shape index (κ1) is 18.5. The molecule has 1 fully saturated rings. The maximum Gasteiger partial charge on any atom is 0.0921 e. The molecule has 0 amide bonds. The normalized spacial score (nSPS) is 17.4. The second-order valence-electron chi connectivity index (χ2n) is 7.56. The van der Waals surface area contributed by atoms with Crippen LogP contribution in [0.5, 0.6) is 0 Å². The number of aliphatic hydroxyl groups is 1. The van der Waals surface area contributed by atoms with Gasteiger partial charge in [0.1, 0.15) is 0 Å². The minimum absolute atomic E-state index is 0.694. The summed E-state index contributed by atoms with van der Waals surface area (Å²) in [6, 6.07) is 14.7. The molecular weight excluding hydrogens is 358 g/mol. The predicted octanol–water partition coefficient (Wildman–Crippen LogP) is 4.45. The standard InChI is InChI=1S/C22H26ClN3O/c23-21-16-24-26(17-21)12-4-3-11-25-13-9-22(27,10-14-25)20-8-7-18-5-1-2-6-19(18)15-20/h1-2,5-8,15-17,27H,3-4,9-14H2. The van der Waals surface area contributed by atoms with Gasteiger partial charge in [0.25, 0.3) is 0 Å². The van der Waals surface area contributed by atoms with Crippen molar-refractivity contribution in [3.63, 3.8) is 0 Å². The SMILES string of the molecule is OC1(c2ccc3ccccc3c2)CCN(CCCCn2cc(Cl)cn2)CC1. The Balaban J connectivity index is 1.28. The van der Waals surface area contributed by atoms with E-state index in [0.717, 1.165) is 57.4 Å². The van der Waals surface area contributed by atoms with E-state index in [9.17, 15) is 5.11 Å². The molecular formula is C22H26ClN3O. The number of benzene rings is 2. The summed E-state index contributed by atoms with van der Waals surface area (Å²) in [5, 5.41) is 18.5. The van der Waals surface area contributed by atoms with Crippen LogP contribution in [0.1, 0.15) is 31.2 Å². The Morgan fingerprint density at radius 2 is 1.74 bits per heavy atom. The summed E-state index contributed by atoms with van der Waals surface area (Å²) in [6.07, 6.45) is 7.35. The summed E-state index contributed by atoms with van der Waals surface area (Å²) in [7, 11) is 0. The molecule has 0 bridgehead atoms. The van der Waals surface area contributed by atoms with Gasteiger partial charge in [-0.25, -0.2) is 0 Å². The molecule has 0 aliphatic carbocycles. The third kappa shape index (κ3) is 4.34. The molecule has 5 heteroatoms. The second kappa shape index (κ2) is 8.01. The zero-order chi connectivity index (χ0) is 18.7. The second-order valence-corrected chi connectivity index (χ2v) is 8.00. The van der Waals surface area contributed by atoms with Crippen molar-refractivity contribution in [1.82, 2.24) is 14.7 Å². The van der Waals surface area contributed by atoms with Gasteiger partial charge in [-0.2, -0.15) is 5.10 Å². The Morgan fingerprint density at radius 1 is 1.00 bits per heavy atom. The smallest absolute Gasteiger partial charge is 0.0921 e.